The monoisotopic (exact) mass is 513 g/mol. The third-order valence-corrected chi connectivity index (χ3v) is 7.39. The first-order valence-electron chi connectivity index (χ1n) is 11.6. The maximum Gasteiger partial charge on any atom is 0.248 e. The largest absolute Gasteiger partial charge is 0.481 e. The molecule has 5 rings (SSSR count). The van der Waals surface area contributed by atoms with Crippen molar-refractivity contribution >= 4 is 22.5 Å². The van der Waals surface area contributed by atoms with Crippen LogP contribution in [-0.2, 0) is 19.1 Å². The molecule has 0 amide bonds. The second-order valence-electron chi connectivity index (χ2n) is 9.52. The Morgan fingerprint density at radius 3 is 2.56 bits per heavy atom. The van der Waals surface area contributed by atoms with Gasteiger partial charge in [-0.05, 0) is 49.9 Å². The average molecular weight is 514 g/mol. The van der Waals surface area contributed by atoms with E-state index in [9.17, 15) is 13.9 Å². The molecule has 0 spiro atoms. The molecule has 188 valence electrons. The van der Waals surface area contributed by atoms with Crippen LogP contribution in [0.1, 0.15) is 46.6 Å². The van der Waals surface area contributed by atoms with Gasteiger partial charge in [-0.1, -0.05) is 28.9 Å². The fourth-order valence-corrected chi connectivity index (χ4v) is 5.47. The minimum Gasteiger partial charge on any atom is -0.481 e. The summed E-state index contributed by atoms with van der Waals surface area (Å²) in [6.45, 7) is 3.72. The third-order valence-electron chi connectivity index (χ3n) is 6.96. The zero-order valence-electron chi connectivity index (χ0n) is 20.4. The highest BCUT2D eigenvalue weighted by Crippen LogP contribution is 2.47. The zero-order chi connectivity index (χ0) is 25.8. The molecule has 0 bridgehead atoms. The van der Waals surface area contributed by atoms with Crippen LogP contribution in [0.4, 0.5) is 8.78 Å². The standard InChI is InChI=1S/C26H26ClF2N5O2/c1-14-5-7-20(15(2)31-14)26(35,22-13-30-33-34(22)3)17-6-8-21-18(10-17)23(27)19(24(32-21)36-4)9-16-11-25(28,29)12-16/h5-8,10,13,16,35H,9,11-12H2,1-4H3. The maximum atomic E-state index is 13.5. The molecule has 1 atom stereocenters. The molecule has 1 N–H and O–H groups in total. The van der Waals surface area contributed by atoms with Gasteiger partial charge in [0.25, 0.3) is 0 Å². The molecule has 0 radical (unpaired) electrons. The lowest BCUT2D eigenvalue weighted by Crippen LogP contribution is -2.36. The van der Waals surface area contributed by atoms with E-state index < -0.39 is 11.5 Å². The number of hydrogen-bond acceptors (Lipinski definition) is 6. The molecule has 36 heavy (non-hydrogen) atoms. The van der Waals surface area contributed by atoms with Crippen molar-refractivity contribution in [3.63, 3.8) is 0 Å². The van der Waals surface area contributed by atoms with Crippen molar-refractivity contribution in [2.24, 2.45) is 13.0 Å². The molecule has 1 aromatic carbocycles. The van der Waals surface area contributed by atoms with Gasteiger partial charge in [0.15, 0.2) is 5.60 Å². The molecule has 3 heterocycles. The number of ether oxygens (including phenoxy) is 1. The Hall–Kier alpha value is -3.17. The lowest BCUT2D eigenvalue weighted by Gasteiger charge is -2.35. The van der Waals surface area contributed by atoms with Gasteiger partial charge in [0.05, 0.1) is 29.5 Å². The molecule has 7 nitrogen and oxygen atoms in total. The lowest BCUT2D eigenvalue weighted by atomic mass is 9.77. The Morgan fingerprint density at radius 2 is 1.94 bits per heavy atom. The van der Waals surface area contributed by atoms with Crippen LogP contribution in [0.5, 0.6) is 5.88 Å². The van der Waals surface area contributed by atoms with Crippen LogP contribution in [0.15, 0.2) is 36.5 Å². The summed E-state index contributed by atoms with van der Waals surface area (Å²) in [5, 5.41) is 21.3. The Balaban J connectivity index is 1.69. The summed E-state index contributed by atoms with van der Waals surface area (Å²) in [4.78, 5) is 9.14. The quantitative estimate of drug-likeness (QED) is 0.394. The Labute approximate surface area is 212 Å². The van der Waals surface area contributed by atoms with Crippen molar-refractivity contribution in [1.29, 1.82) is 0 Å². The number of hydrogen-bond donors (Lipinski definition) is 1. The first kappa shape index (κ1) is 24.5. The number of benzene rings is 1. The second-order valence-corrected chi connectivity index (χ2v) is 9.90. The number of nitrogens with zero attached hydrogens (tertiary/aromatic N) is 5. The summed E-state index contributed by atoms with van der Waals surface area (Å²) in [5.74, 6) is -2.51. The Bertz CT molecular complexity index is 1470. The molecule has 3 aromatic heterocycles. The van der Waals surface area contributed by atoms with E-state index in [0.29, 0.717) is 56.3 Å². The zero-order valence-corrected chi connectivity index (χ0v) is 21.1. The van der Waals surface area contributed by atoms with Gasteiger partial charge in [0, 0.05) is 47.8 Å². The second kappa shape index (κ2) is 8.74. The number of fused-ring (bicyclic) bond motifs is 1. The number of aromatic nitrogens is 5. The molecule has 1 saturated carbocycles. The summed E-state index contributed by atoms with van der Waals surface area (Å²) in [6.07, 6.45) is 1.48. The van der Waals surface area contributed by atoms with E-state index in [0.717, 1.165) is 5.69 Å². The highest BCUT2D eigenvalue weighted by molar-refractivity contribution is 6.36. The molecular formula is C26H26ClF2N5O2. The maximum absolute atomic E-state index is 13.5. The van der Waals surface area contributed by atoms with Crippen LogP contribution in [0, 0.1) is 19.8 Å². The number of halogens is 3. The fraction of sp³-hybridized carbons (Fsp3) is 0.385. The topological polar surface area (TPSA) is 85.9 Å². The van der Waals surface area contributed by atoms with E-state index in [2.05, 4.69) is 20.3 Å². The molecule has 10 heteroatoms. The van der Waals surface area contributed by atoms with Gasteiger partial charge >= 0.3 is 0 Å². The van der Waals surface area contributed by atoms with Gasteiger partial charge in [-0.15, -0.1) is 5.10 Å². The number of pyridine rings is 2. The SMILES string of the molecule is COc1nc2ccc(C(O)(c3ccc(C)nc3C)c3cnnn3C)cc2c(Cl)c1CC1CC(F)(F)C1. The van der Waals surface area contributed by atoms with Crippen LogP contribution in [0.25, 0.3) is 10.9 Å². The van der Waals surface area contributed by atoms with Crippen LogP contribution >= 0.6 is 11.6 Å². The first-order chi connectivity index (χ1) is 17.0. The van der Waals surface area contributed by atoms with Gasteiger partial charge in [-0.3, -0.25) is 4.98 Å². The summed E-state index contributed by atoms with van der Waals surface area (Å²) < 4.78 is 33.9. The van der Waals surface area contributed by atoms with Gasteiger partial charge in [-0.25, -0.2) is 18.4 Å². The lowest BCUT2D eigenvalue weighted by molar-refractivity contribution is -0.109. The molecule has 1 fully saturated rings. The predicted octanol–water partition coefficient (Wildman–Crippen LogP) is 4.91. The smallest absolute Gasteiger partial charge is 0.248 e. The summed E-state index contributed by atoms with van der Waals surface area (Å²) >= 11 is 6.87. The molecule has 0 aliphatic heterocycles. The number of aryl methyl sites for hydroxylation is 3. The molecule has 1 aliphatic rings. The minimum atomic E-state index is -2.63. The van der Waals surface area contributed by atoms with Crippen LogP contribution in [0.3, 0.4) is 0 Å². The Morgan fingerprint density at radius 1 is 1.19 bits per heavy atom. The van der Waals surface area contributed by atoms with E-state index in [-0.39, 0.29) is 18.8 Å². The first-order valence-corrected chi connectivity index (χ1v) is 12.0. The molecule has 1 aliphatic carbocycles. The van der Waals surface area contributed by atoms with Crippen molar-refractivity contribution < 1.29 is 18.6 Å². The van der Waals surface area contributed by atoms with Gasteiger partial charge in [0.2, 0.25) is 11.8 Å². The number of alkyl halides is 2. The van der Waals surface area contributed by atoms with Crippen LogP contribution < -0.4 is 4.74 Å². The van der Waals surface area contributed by atoms with Crippen LogP contribution in [-0.4, -0.2) is 43.1 Å². The van der Waals surface area contributed by atoms with Gasteiger partial charge in [0.1, 0.15) is 0 Å². The summed E-state index contributed by atoms with van der Waals surface area (Å²) in [6, 6.07) is 8.97. The average Bonchev–Trinajstić information content (AvgIpc) is 3.25. The van der Waals surface area contributed by atoms with Crippen molar-refractivity contribution in [3.8, 4) is 5.88 Å². The minimum absolute atomic E-state index is 0.183. The third kappa shape index (κ3) is 4.00. The molecule has 1 unspecified atom stereocenters. The highest BCUT2D eigenvalue weighted by Gasteiger charge is 2.45. The predicted molar refractivity (Wildman–Crippen MR) is 131 cm³/mol. The fourth-order valence-electron chi connectivity index (χ4n) is 5.16. The van der Waals surface area contributed by atoms with E-state index in [1.165, 1.54) is 18.0 Å². The number of rotatable bonds is 6. The van der Waals surface area contributed by atoms with Crippen molar-refractivity contribution in [2.45, 2.75) is 44.6 Å². The van der Waals surface area contributed by atoms with Crippen molar-refractivity contribution in [2.75, 3.05) is 7.11 Å². The summed E-state index contributed by atoms with van der Waals surface area (Å²) in [7, 11) is 3.19. The van der Waals surface area contributed by atoms with Crippen molar-refractivity contribution in [3.05, 3.63) is 75.3 Å². The normalized spacial score (nSPS) is 17.1. The van der Waals surface area contributed by atoms with Crippen LogP contribution in [0.2, 0.25) is 5.02 Å². The van der Waals surface area contributed by atoms with Gasteiger partial charge in [-0.2, -0.15) is 0 Å². The van der Waals surface area contributed by atoms with E-state index in [1.807, 2.05) is 26.0 Å². The van der Waals surface area contributed by atoms with Gasteiger partial charge < -0.3 is 9.84 Å². The number of aliphatic hydroxyl groups is 1. The number of methoxy groups -OCH3 is 1. The van der Waals surface area contributed by atoms with Crippen molar-refractivity contribution in [1.82, 2.24) is 25.0 Å². The summed E-state index contributed by atoms with van der Waals surface area (Å²) in [5.41, 5.74) is 2.53. The Kier molecular flexibility index (Phi) is 5.95. The molecular weight excluding hydrogens is 488 g/mol. The molecule has 4 aromatic rings. The van der Waals surface area contributed by atoms with E-state index >= 15 is 0 Å². The van der Waals surface area contributed by atoms with E-state index in [4.69, 9.17) is 16.3 Å². The van der Waals surface area contributed by atoms with E-state index in [1.54, 1.807) is 25.2 Å². The molecule has 0 saturated heterocycles. The highest BCUT2D eigenvalue weighted by atomic mass is 35.5.